The van der Waals surface area contributed by atoms with E-state index in [4.69, 9.17) is 9.47 Å². The molecule has 2 rings (SSSR count). The summed E-state index contributed by atoms with van der Waals surface area (Å²) in [5.74, 6) is 1.35. The van der Waals surface area contributed by atoms with Gasteiger partial charge < -0.3 is 19.9 Å². The molecule has 0 aliphatic rings. The average Bonchev–Trinajstić information content (AvgIpc) is 2.71. The van der Waals surface area contributed by atoms with Crippen molar-refractivity contribution in [2.75, 3.05) is 26.8 Å². The highest BCUT2D eigenvalue weighted by Gasteiger charge is 2.14. The molecule has 5 nitrogen and oxygen atoms in total. The Balaban J connectivity index is 1.90. The Morgan fingerprint density at radius 2 is 1.89 bits per heavy atom. The molecule has 0 spiro atoms. The van der Waals surface area contributed by atoms with Gasteiger partial charge in [-0.1, -0.05) is 31.2 Å². The lowest BCUT2D eigenvalue weighted by Gasteiger charge is -2.15. The predicted octanol–water partition coefficient (Wildman–Crippen LogP) is 3.25. The third kappa shape index (κ3) is 7.04. The third-order valence-electron chi connectivity index (χ3n) is 4.23. The highest BCUT2D eigenvalue weighted by Crippen LogP contribution is 2.21. The van der Waals surface area contributed by atoms with E-state index in [0.29, 0.717) is 30.7 Å². The summed E-state index contributed by atoms with van der Waals surface area (Å²) in [6.45, 7) is 3.56. The van der Waals surface area contributed by atoms with Crippen LogP contribution in [0.5, 0.6) is 11.5 Å². The van der Waals surface area contributed by atoms with Gasteiger partial charge in [0.15, 0.2) is 5.78 Å². The van der Waals surface area contributed by atoms with Crippen molar-refractivity contribution >= 4 is 5.78 Å². The van der Waals surface area contributed by atoms with Crippen LogP contribution >= 0.6 is 0 Å². The smallest absolute Gasteiger partial charge is 0.166 e. The van der Waals surface area contributed by atoms with E-state index in [2.05, 4.69) is 12.2 Å². The summed E-state index contributed by atoms with van der Waals surface area (Å²) in [5.41, 5.74) is 1.64. The second-order valence-corrected chi connectivity index (χ2v) is 6.44. The molecule has 0 saturated heterocycles. The van der Waals surface area contributed by atoms with E-state index < -0.39 is 6.10 Å². The Morgan fingerprint density at radius 3 is 2.59 bits per heavy atom. The van der Waals surface area contributed by atoms with Crippen molar-refractivity contribution < 1.29 is 19.4 Å². The number of carbonyl (C=O) groups excluding carboxylic acids is 1. The van der Waals surface area contributed by atoms with Crippen molar-refractivity contribution in [3.8, 4) is 11.5 Å². The lowest BCUT2D eigenvalue weighted by Crippen LogP contribution is -2.32. The Bertz CT molecular complexity index is 700. The van der Waals surface area contributed by atoms with Crippen LogP contribution in [-0.2, 0) is 6.42 Å². The number of benzene rings is 2. The normalized spacial score (nSPS) is 11.8. The van der Waals surface area contributed by atoms with Crippen LogP contribution < -0.4 is 14.8 Å². The molecule has 0 radical (unpaired) electrons. The van der Waals surface area contributed by atoms with Gasteiger partial charge in [0.25, 0.3) is 0 Å². The Kier molecular flexibility index (Phi) is 8.81. The maximum Gasteiger partial charge on any atom is 0.166 e. The maximum atomic E-state index is 12.6. The summed E-state index contributed by atoms with van der Waals surface area (Å²) < 4.78 is 10.9. The van der Waals surface area contributed by atoms with Gasteiger partial charge in [0.05, 0.1) is 12.7 Å². The Labute approximate surface area is 161 Å². The quantitative estimate of drug-likeness (QED) is 0.443. The van der Waals surface area contributed by atoms with Gasteiger partial charge in [-0.3, -0.25) is 4.79 Å². The van der Waals surface area contributed by atoms with E-state index in [0.717, 1.165) is 24.3 Å². The minimum atomic E-state index is -0.612. The fourth-order valence-corrected chi connectivity index (χ4v) is 2.70. The summed E-state index contributed by atoms with van der Waals surface area (Å²) in [6.07, 6.45) is 1.45. The molecular formula is C22H29NO4. The van der Waals surface area contributed by atoms with E-state index in [1.165, 1.54) is 0 Å². The molecule has 0 aliphatic heterocycles. The fourth-order valence-electron chi connectivity index (χ4n) is 2.70. The highest BCUT2D eigenvalue weighted by molar-refractivity contribution is 5.98. The van der Waals surface area contributed by atoms with Gasteiger partial charge in [-0.05, 0) is 49.2 Å². The third-order valence-corrected chi connectivity index (χ3v) is 4.23. The first-order valence-corrected chi connectivity index (χ1v) is 9.40. The van der Waals surface area contributed by atoms with E-state index in [1.807, 2.05) is 36.4 Å². The van der Waals surface area contributed by atoms with E-state index in [9.17, 15) is 9.90 Å². The Morgan fingerprint density at radius 1 is 1.15 bits per heavy atom. The molecule has 0 amide bonds. The fraction of sp³-hybridized carbons (Fsp3) is 0.409. The second kappa shape index (κ2) is 11.4. The molecule has 5 heteroatoms. The number of ether oxygens (including phenoxy) is 2. The first-order chi connectivity index (χ1) is 13.1. The van der Waals surface area contributed by atoms with Crippen LogP contribution in [0.1, 0.15) is 35.7 Å². The number of aliphatic hydroxyl groups is 1. The van der Waals surface area contributed by atoms with Crippen LogP contribution in [0.15, 0.2) is 48.5 Å². The van der Waals surface area contributed by atoms with Crippen molar-refractivity contribution in [1.82, 2.24) is 5.32 Å². The van der Waals surface area contributed by atoms with Gasteiger partial charge in [0.2, 0.25) is 0 Å². The molecule has 0 fully saturated rings. The zero-order valence-electron chi connectivity index (χ0n) is 16.1. The molecule has 0 saturated carbocycles. The molecular weight excluding hydrogens is 342 g/mol. The van der Waals surface area contributed by atoms with Crippen LogP contribution in [0.25, 0.3) is 0 Å². The molecule has 0 heterocycles. The number of para-hydroxylation sites is 1. The number of aryl methyl sites for hydroxylation is 1. The minimum absolute atomic E-state index is 0.0278. The van der Waals surface area contributed by atoms with E-state index in [-0.39, 0.29) is 12.4 Å². The average molecular weight is 371 g/mol. The number of hydrogen-bond acceptors (Lipinski definition) is 5. The maximum absolute atomic E-state index is 12.6. The van der Waals surface area contributed by atoms with Gasteiger partial charge in [0.1, 0.15) is 24.2 Å². The summed E-state index contributed by atoms with van der Waals surface area (Å²) in [4.78, 5) is 12.6. The predicted molar refractivity (Wildman–Crippen MR) is 107 cm³/mol. The number of carbonyl (C=O) groups is 1. The molecule has 146 valence electrons. The number of ketones is 1. The Hall–Kier alpha value is -2.37. The molecule has 0 aliphatic carbocycles. The zero-order chi connectivity index (χ0) is 19.5. The van der Waals surface area contributed by atoms with Gasteiger partial charge in [-0.15, -0.1) is 0 Å². The zero-order valence-corrected chi connectivity index (χ0v) is 16.1. The van der Waals surface area contributed by atoms with Gasteiger partial charge in [-0.2, -0.15) is 0 Å². The van der Waals surface area contributed by atoms with E-state index >= 15 is 0 Å². The van der Waals surface area contributed by atoms with Crippen LogP contribution in [-0.4, -0.2) is 43.8 Å². The van der Waals surface area contributed by atoms with Gasteiger partial charge in [0, 0.05) is 13.0 Å². The standard InChI is InChI=1S/C22H29NO4/c1-3-14-23-15-18(24)16-27-22-7-5-4-6-20(22)21(25)13-10-17-8-11-19(26-2)12-9-17/h4-9,11-12,18,23-24H,3,10,13-16H2,1-2H3. The van der Waals surface area contributed by atoms with Crippen molar-refractivity contribution in [2.24, 2.45) is 0 Å². The molecule has 0 aromatic heterocycles. The number of aliphatic hydroxyl groups excluding tert-OH is 1. The highest BCUT2D eigenvalue weighted by atomic mass is 16.5. The van der Waals surface area contributed by atoms with E-state index in [1.54, 1.807) is 19.2 Å². The molecule has 0 bridgehead atoms. The number of nitrogens with one attached hydrogen (secondary N) is 1. The number of Topliss-reactive ketones (excluding diaryl/α,β-unsaturated/α-hetero) is 1. The summed E-state index contributed by atoms with van der Waals surface area (Å²) >= 11 is 0. The SMILES string of the molecule is CCCNCC(O)COc1ccccc1C(=O)CCc1ccc(OC)cc1. The number of methoxy groups -OCH3 is 1. The first kappa shape index (κ1) is 20.9. The number of hydrogen-bond donors (Lipinski definition) is 2. The van der Waals surface area contributed by atoms with Crippen molar-refractivity contribution in [1.29, 1.82) is 0 Å². The topological polar surface area (TPSA) is 67.8 Å². The molecule has 27 heavy (non-hydrogen) atoms. The number of rotatable bonds is 12. The lowest BCUT2D eigenvalue weighted by molar-refractivity contribution is 0.0950. The second-order valence-electron chi connectivity index (χ2n) is 6.44. The minimum Gasteiger partial charge on any atom is -0.497 e. The van der Waals surface area contributed by atoms with Crippen LogP contribution in [0, 0.1) is 0 Å². The van der Waals surface area contributed by atoms with Gasteiger partial charge >= 0.3 is 0 Å². The van der Waals surface area contributed by atoms with Crippen molar-refractivity contribution in [3.05, 3.63) is 59.7 Å². The van der Waals surface area contributed by atoms with Crippen LogP contribution in [0.2, 0.25) is 0 Å². The summed E-state index contributed by atoms with van der Waals surface area (Å²) in [6, 6.07) is 14.9. The van der Waals surface area contributed by atoms with Crippen molar-refractivity contribution in [2.45, 2.75) is 32.3 Å². The van der Waals surface area contributed by atoms with Gasteiger partial charge in [-0.25, -0.2) is 0 Å². The molecule has 1 unspecified atom stereocenters. The largest absolute Gasteiger partial charge is 0.497 e. The molecule has 2 N–H and O–H groups in total. The van der Waals surface area contributed by atoms with Crippen molar-refractivity contribution in [3.63, 3.8) is 0 Å². The monoisotopic (exact) mass is 371 g/mol. The van der Waals surface area contributed by atoms with Crippen LogP contribution in [0.4, 0.5) is 0 Å². The molecule has 2 aromatic rings. The molecule has 2 aromatic carbocycles. The first-order valence-electron chi connectivity index (χ1n) is 9.40. The molecule has 1 atom stereocenters. The summed E-state index contributed by atoms with van der Waals surface area (Å²) in [5, 5.41) is 13.1. The lowest BCUT2D eigenvalue weighted by atomic mass is 10.0. The summed E-state index contributed by atoms with van der Waals surface area (Å²) in [7, 11) is 1.63. The van der Waals surface area contributed by atoms with Crippen LogP contribution in [0.3, 0.4) is 0 Å².